The van der Waals surface area contributed by atoms with Crippen molar-refractivity contribution >= 4 is 33.4 Å². The second-order valence-corrected chi connectivity index (χ2v) is 6.21. The zero-order chi connectivity index (χ0) is 14.6. The van der Waals surface area contributed by atoms with E-state index < -0.39 is 0 Å². The van der Waals surface area contributed by atoms with Crippen LogP contribution in [0.5, 0.6) is 0 Å². The van der Waals surface area contributed by atoms with Gasteiger partial charge in [-0.25, -0.2) is 0 Å². The summed E-state index contributed by atoms with van der Waals surface area (Å²) in [7, 11) is 0. The average Bonchev–Trinajstić information content (AvgIpc) is 2.28. The summed E-state index contributed by atoms with van der Waals surface area (Å²) >= 11 is 6.49. The normalized spacial score (nSPS) is 10.4. The van der Waals surface area contributed by atoms with E-state index in [9.17, 15) is 4.79 Å². The molecule has 0 aliphatic carbocycles. The SMILES string of the molecule is CCN(CC)C(=S)SC(=O)c1c(C)cc(C)cc1C. The number of carbonyl (C=O) groups excluding carboxylic acids is 1. The Morgan fingerprint density at radius 2 is 1.63 bits per heavy atom. The predicted octanol–water partition coefficient (Wildman–Crippen LogP) is 4.11. The standard InChI is InChI=1S/C15H21NOS2/c1-6-16(7-2)15(18)19-14(17)13-11(4)8-10(3)9-12(13)5/h8-9H,6-7H2,1-5H3. The lowest BCUT2D eigenvalue weighted by Gasteiger charge is -2.20. The van der Waals surface area contributed by atoms with E-state index in [4.69, 9.17) is 12.2 Å². The topological polar surface area (TPSA) is 20.3 Å². The number of thiocarbonyl (C=S) groups is 1. The van der Waals surface area contributed by atoms with Crippen LogP contribution in [0, 0.1) is 20.8 Å². The maximum atomic E-state index is 12.4. The average molecular weight is 295 g/mol. The first-order valence-corrected chi connectivity index (χ1v) is 7.72. The maximum absolute atomic E-state index is 12.4. The van der Waals surface area contributed by atoms with Crippen LogP contribution < -0.4 is 0 Å². The number of benzene rings is 1. The zero-order valence-corrected chi connectivity index (χ0v) is 13.9. The Bertz CT molecular complexity index is 470. The van der Waals surface area contributed by atoms with E-state index in [1.807, 2.05) is 51.7 Å². The maximum Gasteiger partial charge on any atom is 0.226 e. The fraction of sp³-hybridized carbons (Fsp3) is 0.467. The smallest absolute Gasteiger partial charge is 0.226 e. The molecule has 4 heteroatoms. The van der Waals surface area contributed by atoms with Crippen LogP contribution in [0.15, 0.2) is 12.1 Å². The third kappa shape index (κ3) is 4.05. The summed E-state index contributed by atoms with van der Waals surface area (Å²) in [5.74, 6) is 0. The lowest BCUT2D eigenvalue weighted by molar-refractivity contribution is 0.108. The molecule has 1 rings (SSSR count). The van der Waals surface area contributed by atoms with Crippen molar-refractivity contribution < 1.29 is 4.79 Å². The molecule has 0 aliphatic heterocycles. The number of carbonyl (C=O) groups is 1. The molecular formula is C15H21NOS2. The fourth-order valence-electron chi connectivity index (χ4n) is 2.18. The van der Waals surface area contributed by atoms with Crippen LogP contribution in [0.2, 0.25) is 0 Å². The highest BCUT2D eigenvalue weighted by molar-refractivity contribution is 8.33. The molecule has 19 heavy (non-hydrogen) atoms. The van der Waals surface area contributed by atoms with E-state index in [1.54, 1.807) is 0 Å². The predicted molar refractivity (Wildman–Crippen MR) is 88.1 cm³/mol. The molecule has 1 aromatic rings. The summed E-state index contributed by atoms with van der Waals surface area (Å²) in [4.78, 5) is 14.4. The summed E-state index contributed by atoms with van der Waals surface area (Å²) in [6, 6.07) is 4.09. The molecule has 0 fully saturated rings. The first-order valence-electron chi connectivity index (χ1n) is 6.49. The van der Waals surface area contributed by atoms with Gasteiger partial charge in [-0.15, -0.1) is 0 Å². The van der Waals surface area contributed by atoms with Crippen molar-refractivity contribution in [3.05, 3.63) is 34.4 Å². The van der Waals surface area contributed by atoms with Gasteiger partial charge in [-0.2, -0.15) is 0 Å². The van der Waals surface area contributed by atoms with Crippen molar-refractivity contribution in [3.63, 3.8) is 0 Å². The molecule has 104 valence electrons. The lowest BCUT2D eigenvalue weighted by Crippen LogP contribution is -2.27. The van der Waals surface area contributed by atoms with Gasteiger partial charge in [-0.3, -0.25) is 4.79 Å². The summed E-state index contributed by atoms with van der Waals surface area (Å²) in [6.45, 7) is 11.8. The Morgan fingerprint density at radius 3 is 2.05 bits per heavy atom. The molecule has 0 saturated carbocycles. The van der Waals surface area contributed by atoms with Gasteiger partial charge in [0.1, 0.15) is 4.32 Å². The minimum absolute atomic E-state index is 0.0481. The Balaban J connectivity index is 2.93. The van der Waals surface area contributed by atoms with Crippen LogP contribution in [0.3, 0.4) is 0 Å². The summed E-state index contributed by atoms with van der Waals surface area (Å²) in [5.41, 5.74) is 4.03. The third-order valence-electron chi connectivity index (χ3n) is 3.08. The van der Waals surface area contributed by atoms with Crippen LogP contribution in [0.1, 0.15) is 40.9 Å². The van der Waals surface area contributed by atoms with Gasteiger partial charge < -0.3 is 4.90 Å². The van der Waals surface area contributed by atoms with Crippen LogP contribution >= 0.6 is 24.0 Å². The molecule has 0 unspecified atom stereocenters. The van der Waals surface area contributed by atoms with Crippen molar-refractivity contribution in [2.75, 3.05) is 13.1 Å². The Morgan fingerprint density at radius 1 is 1.16 bits per heavy atom. The molecule has 0 atom stereocenters. The van der Waals surface area contributed by atoms with E-state index >= 15 is 0 Å². The molecule has 0 spiro atoms. The molecule has 0 aromatic heterocycles. The fourth-order valence-corrected chi connectivity index (χ4v) is 3.63. The molecule has 0 heterocycles. The van der Waals surface area contributed by atoms with E-state index in [0.717, 1.165) is 41.5 Å². The van der Waals surface area contributed by atoms with Gasteiger partial charge in [0, 0.05) is 18.7 Å². The number of nitrogens with zero attached hydrogens (tertiary/aromatic N) is 1. The Labute approximate surface area is 125 Å². The van der Waals surface area contributed by atoms with Crippen LogP contribution in [0.25, 0.3) is 0 Å². The van der Waals surface area contributed by atoms with Gasteiger partial charge in [0.15, 0.2) is 0 Å². The molecular weight excluding hydrogens is 274 g/mol. The monoisotopic (exact) mass is 295 g/mol. The van der Waals surface area contributed by atoms with Crippen molar-refractivity contribution in [1.29, 1.82) is 0 Å². The van der Waals surface area contributed by atoms with Gasteiger partial charge >= 0.3 is 0 Å². The molecule has 0 radical (unpaired) electrons. The lowest BCUT2D eigenvalue weighted by atomic mass is 10.0. The molecule has 0 aliphatic rings. The van der Waals surface area contributed by atoms with Crippen molar-refractivity contribution in [1.82, 2.24) is 4.90 Å². The Hall–Kier alpha value is -0.870. The number of hydrogen-bond donors (Lipinski definition) is 0. The third-order valence-corrected chi connectivity index (χ3v) is 4.41. The molecule has 0 N–H and O–H groups in total. The minimum Gasteiger partial charge on any atom is -0.358 e. The number of rotatable bonds is 3. The second kappa shape index (κ2) is 7.06. The van der Waals surface area contributed by atoms with Gasteiger partial charge in [0.05, 0.1) is 0 Å². The van der Waals surface area contributed by atoms with Crippen LogP contribution in [-0.2, 0) is 0 Å². The summed E-state index contributed by atoms with van der Waals surface area (Å²) < 4.78 is 0.661. The van der Waals surface area contributed by atoms with E-state index in [1.165, 1.54) is 5.56 Å². The van der Waals surface area contributed by atoms with Crippen LogP contribution in [-0.4, -0.2) is 27.4 Å². The Kier molecular flexibility index (Phi) is 6.01. The highest BCUT2D eigenvalue weighted by Gasteiger charge is 2.17. The second-order valence-electron chi connectivity index (χ2n) is 4.60. The van der Waals surface area contributed by atoms with Crippen molar-refractivity contribution in [3.8, 4) is 0 Å². The van der Waals surface area contributed by atoms with Gasteiger partial charge in [0.25, 0.3) is 0 Å². The minimum atomic E-state index is 0.0481. The van der Waals surface area contributed by atoms with E-state index in [2.05, 4.69) is 0 Å². The molecule has 0 bridgehead atoms. The zero-order valence-electron chi connectivity index (χ0n) is 12.2. The highest BCUT2D eigenvalue weighted by Crippen LogP contribution is 2.23. The molecule has 0 saturated heterocycles. The largest absolute Gasteiger partial charge is 0.358 e. The number of thioether (sulfide) groups is 1. The molecule has 1 aromatic carbocycles. The number of aryl methyl sites for hydroxylation is 3. The van der Waals surface area contributed by atoms with Crippen molar-refractivity contribution in [2.24, 2.45) is 0 Å². The van der Waals surface area contributed by atoms with E-state index in [-0.39, 0.29) is 5.12 Å². The quantitative estimate of drug-likeness (QED) is 0.782. The van der Waals surface area contributed by atoms with Crippen LogP contribution in [0.4, 0.5) is 0 Å². The first-order chi connectivity index (χ1) is 8.90. The number of hydrogen-bond acceptors (Lipinski definition) is 3. The van der Waals surface area contributed by atoms with Gasteiger partial charge in [-0.1, -0.05) is 29.9 Å². The van der Waals surface area contributed by atoms with Crippen molar-refractivity contribution in [2.45, 2.75) is 34.6 Å². The summed E-state index contributed by atoms with van der Waals surface area (Å²) in [5, 5.41) is 0.0481. The first kappa shape index (κ1) is 16.2. The van der Waals surface area contributed by atoms with Gasteiger partial charge in [-0.05, 0) is 57.5 Å². The summed E-state index contributed by atoms with van der Waals surface area (Å²) in [6.07, 6.45) is 0. The van der Waals surface area contributed by atoms with E-state index in [0.29, 0.717) is 4.32 Å². The molecule has 0 amide bonds. The molecule has 2 nitrogen and oxygen atoms in total. The van der Waals surface area contributed by atoms with Gasteiger partial charge in [0.2, 0.25) is 5.12 Å². The highest BCUT2D eigenvalue weighted by atomic mass is 32.2.